The average molecular weight is 375 g/mol. The van der Waals surface area contributed by atoms with Crippen molar-refractivity contribution in [1.82, 2.24) is 9.78 Å². The number of hydrogen-bond donors (Lipinski definition) is 2. The molecule has 2 amide bonds. The van der Waals surface area contributed by atoms with E-state index in [0.29, 0.717) is 17.9 Å². The summed E-state index contributed by atoms with van der Waals surface area (Å²) in [6.07, 6.45) is 3.24. The van der Waals surface area contributed by atoms with Gasteiger partial charge in [-0.15, -0.1) is 0 Å². The quantitative estimate of drug-likeness (QED) is 0.696. The van der Waals surface area contributed by atoms with Gasteiger partial charge in [0.2, 0.25) is 0 Å². The van der Waals surface area contributed by atoms with Crippen LogP contribution in [-0.4, -0.2) is 22.9 Å². The van der Waals surface area contributed by atoms with Gasteiger partial charge in [-0.25, -0.2) is 9.18 Å². The second-order valence-corrected chi connectivity index (χ2v) is 5.89. The van der Waals surface area contributed by atoms with E-state index in [4.69, 9.17) is 16.3 Å². The summed E-state index contributed by atoms with van der Waals surface area (Å²) >= 11 is 5.69. The number of urea groups is 1. The third kappa shape index (κ3) is 4.52. The molecular weight excluding hydrogens is 359 g/mol. The molecule has 0 aliphatic carbocycles. The van der Waals surface area contributed by atoms with Gasteiger partial charge in [-0.05, 0) is 35.9 Å². The average Bonchev–Trinajstić information content (AvgIpc) is 3.05. The first kappa shape index (κ1) is 17.8. The van der Waals surface area contributed by atoms with Gasteiger partial charge in [0.25, 0.3) is 0 Å². The number of carbonyl (C=O) groups is 1. The zero-order chi connectivity index (χ0) is 18.5. The van der Waals surface area contributed by atoms with E-state index in [2.05, 4.69) is 15.7 Å². The zero-order valence-electron chi connectivity index (χ0n) is 13.9. The van der Waals surface area contributed by atoms with E-state index in [-0.39, 0.29) is 5.02 Å². The van der Waals surface area contributed by atoms with Crippen LogP contribution in [0, 0.1) is 5.82 Å². The van der Waals surface area contributed by atoms with Gasteiger partial charge in [-0.3, -0.25) is 4.68 Å². The second-order valence-electron chi connectivity index (χ2n) is 5.49. The fourth-order valence-corrected chi connectivity index (χ4v) is 2.52. The molecule has 0 unspecified atom stereocenters. The highest BCUT2D eigenvalue weighted by molar-refractivity contribution is 6.31. The molecule has 3 rings (SSSR count). The highest BCUT2D eigenvalue weighted by Gasteiger charge is 2.07. The standard InChI is InChI=1S/C18H16ClFN4O2/c1-26-15-4-2-3-12(7-15)10-24-11-14(9-21-24)23-18(25)22-13-5-6-17(20)16(19)8-13/h2-9,11H,10H2,1H3,(H2,22,23,25). The van der Waals surface area contributed by atoms with Crippen LogP contribution < -0.4 is 15.4 Å². The Bertz CT molecular complexity index is 929. The molecule has 26 heavy (non-hydrogen) atoms. The molecule has 0 bridgehead atoms. The van der Waals surface area contributed by atoms with Crippen molar-refractivity contribution in [3.05, 3.63) is 71.3 Å². The first-order chi connectivity index (χ1) is 12.5. The molecule has 2 N–H and O–H groups in total. The molecule has 0 aliphatic rings. The van der Waals surface area contributed by atoms with E-state index >= 15 is 0 Å². The lowest BCUT2D eigenvalue weighted by molar-refractivity contribution is 0.262. The van der Waals surface area contributed by atoms with Gasteiger partial charge < -0.3 is 15.4 Å². The predicted octanol–water partition coefficient (Wildman–Crippen LogP) is 4.38. The summed E-state index contributed by atoms with van der Waals surface area (Å²) in [6.45, 7) is 0.536. The molecule has 0 spiro atoms. The lowest BCUT2D eigenvalue weighted by Gasteiger charge is -2.07. The number of halogens is 2. The Balaban J connectivity index is 1.60. The summed E-state index contributed by atoms with van der Waals surface area (Å²) in [7, 11) is 1.61. The van der Waals surface area contributed by atoms with Gasteiger partial charge in [0.15, 0.2) is 0 Å². The van der Waals surface area contributed by atoms with Crippen LogP contribution in [0.15, 0.2) is 54.9 Å². The number of carbonyl (C=O) groups excluding carboxylic acids is 1. The minimum Gasteiger partial charge on any atom is -0.497 e. The Kier molecular flexibility index (Phi) is 5.38. The third-order valence-electron chi connectivity index (χ3n) is 3.55. The minimum atomic E-state index is -0.545. The molecule has 3 aromatic rings. The molecule has 2 aromatic carbocycles. The van der Waals surface area contributed by atoms with Gasteiger partial charge in [0.1, 0.15) is 11.6 Å². The molecule has 8 heteroatoms. The highest BCUT2D eigenvalue weighted by atomic mass is 35.5. The van der Waals surface area contributed by atoms with Crippen molar-refractivity contribution < 1.29 is 13.9 Å². The molecule has 1 aromatic heterocycles. The van der Waals surface area contributed by atoms with Gasteiger partial charge in [0, 0.05) is 11.9 Å². The zero-order valence-corrected chi connectivity index (χ0v) is 14.6. The maximum Gasteiger partial charge on any atom is 0.323 e. The van der Waals surface area contributed by atoms with E-state index < -0.39 is 11.8 Å². The van der Waals surface area contributed by atoms with E-state index in [1.165, 1.54) is 24.4 Å². The first-order valence-corrected chi connectivity index (χ1v) is 8.10. The number of nitrogens with zero attached hydrogens (tertiary/aromatic N) is 2. The third-order valence-corrected chi connectivity index (χ3v) is 3.84. The predicted molar refractivity (Wildman–Crippen MR) is 98.4 cm³/mol. The number of ether oxygens (including phenoxy) is 1. The second kappa shape index (κ2) is 7.88. The maximum absolute atomic E-state index is 13.1. The topological polar surface area (TPSA) is 68.2 Å². The van der Waals surface area contributed by atoms with E-state index in [0.717, 1.165) is 11.3 Å². The summed E-state index contributed by atoms with van der Waals surface area (Å²) in [6, 6.07) is 11.1. The van der Waals surface area contributed by atoms with Crippen molar-refractivity contribution in [1.29, 1.82) is 0 Å². The monoisotopic (exact) mass is 374 g/mol. The number of rotatable bonds is 5. The normalized spacial score (nSPS) is 10.4. The Morgan fingerprint density at radius 1 is 1.23 bits per heavy atom. The summed E-state index contributed by atoms with van der Waals surface area (Å²) in [5.74, 6) is 0.224. The van der Waals surface area contributed by atoms with Crippen LogP contribution in [0.5, 0.6) is 5.75 Å². The number of nitrogens with one attached hydrogen (secondary N) is 2. The molecule has 6 nitrogen and oxygen atoms in total. The van der Waals surface area contributed by atoms with Crippen LogP contribution in [0.1, 0.15) is 5.56 Å². The van der Waals surface area contributed by atoms with E-state index in [1.54, 1.807) is 18.0 Å². The maximum atomic E-state index is 13.1. The molecule has 0 saturated heterocycles. The van der Waals surface area contributed by atoms with E-state index in [1.807, 2.05) is 24.3 Å². The fraction of sp³-hybridized carbons (Fsp3) is 0.111. The Labute approximate surface area is 154 Å². The van der Waals surface area contributed by atoms with Crippen molar-refractivity contribution >= 4 is 29.0 Å². The first-order valence-electron chi connectivity index (χ1n) is 7.72. The Hall–Kier alpha value is -3.06. The number of amides is 2. The SMILES string of the molecule is COc1cccc(Cn2cc(NC(=O)Nc3ccc(F)c(Cl)c3)cn2)c1. The fourth-order valence-electron chi connectivity index (χ4n) is 2.34. The molecule has 0 saturated carbocycles. The summed E-state index contributed by atoms with van der Waals surface area (Å²) in [5, 5.41) is 9.39. The van der Waals surface area contributed by atoms with Gasteiger partial charge >= 0.3 is 6.03 Å². The number of anilines is 2. The molecule has 1 heterocycles. The van der Waals surface area contributed by atoms with Crippen LogP contribution in [0.25, 0.3) is 0 Å². The molecule has 134 valence electrons. The van der Waals surface area contributed by atoms with Crippen molar-refractivity contribution in [3.63, 3.8) is 0 Å². The summed E-state index contributed by atoms with van der Waals surface area (Å²) in [4.78, 5) is 12.0. The lowest BCUT2D eigenvalue weighted by Crippen LogP contribution is -2.19. The van der Waals surface area contributed by atoms with Crippen molar-refractivity contribution in [2.45, 2.75) is 6.54 Å². The minimum absolute atomic E-state index is 0.0612. The largest absolute Gasteiger partial charge is 0.497 e. The van der Waals surface area contributed by atoms with Gasteiger partial charge in [-0.2, -0.15) is 5.10 Å². The van der Waals surface area contributed by atoms with Crippen LogP contribution in [0.3, 0.4) is 0 Å². The lowest BCUT2D eigenvalue weighted by atomic mass is 10.2. The smallest absolute Gasteiger partial charge is 0.323 e. The number of benzene rings is 2. The summed E-state index contributed by atoms with van der Waals surface area (Å²) < 4.78 is 20.0. The Morgan fingerprint density at radius 2 is 2.04 bits per heavy atom. The summed E-state index contributed by atoms with van der Waals surface area (Å²) in [5.41, 5.74) is 1.93. The molecule has 0 aliphatic heterocycles. The molecule has 0 radical (unpaired) electrons. The van der Waals surface area contributed by atoms with Crippen LogP contribution in [-0.2, 0) is 6.54 Å². The number of methoxy groups -OCH3 is 1. The van der Waals surface area contributed by atoms with E-state index in [9.17, 15) is 9.18 Å². The molecule has 0 atom stereocenters. The molecular formula is C18H16ClFN4O2. The van der Waals surface area contributed by atoms with Crippen LogP contribution in [0.4, 0.5) is 20.6 Å². The molecule has 0 fully saturated rings. The van der Waals surface area contributed by atoms with Crippen LogP contribution >= 0.6 is 11.6 Å². The van der Waals surface area contributed by atoms with Gasteiger partial charge in [-0.1, -0.05) is 23.7 Å². The highest BCUT2D eigenvalue weighted by Crippen LogP contribution is 2.19. The van der Waals surface area contributed by atoms with Crippen LogP contribution in [0.2, 0.25) is 5.02 Å². The van der Waals surface area contributed by atoms with Crippen molar-refractivity contribution in [2.75, 3.05) is 17.7 Å². The van der Waals surface area contributed by atoms with Crippen molar-refractivity contribution in [3.8, 4) is 5.75 Å². The number of hydrogen-bond acceptors (Lipinski definition) is 3. The van der Waals surface area contributed by atoms with Gasteiger partial charge in [0.05, 0.1) is 30.6 Å². The van der Waals surface area contributed by atoms with Crippen molar-refractivity contribution in [2.24, 2.45) is 0 Å². The Morgan fingerprint density at radius 3 is 2.81 bits per heavy atom. The number of aromatic nitrogens is 2.